The van der Waals surface area contributed by atoms with Gasteiger partial charge in [-0.3, -0.25) is 0 Å². The van der Waals surface area contributed by atoms with E-state index in [1.54, 1.807) is 18.2 Å². The molecule has 17 heavy (non-hydrogen) atoms. The second-order valence-corrected chi connectivity index (χ2v) is 3.68. The van der Waals surface area contributed by atoms with Crippen molar-refractivity contribution in [2.45, 2.75) is 6.30 Å². The molecule has 1 aliphatic rings. The number of nitrogens with zero attached hydrogens (tertiary/aromatic N) is 2. The standard InChI is InChI=1S/C11H13F3N2O/c12-11(13,14)16(10-4-2-1-3-5-10)15-6-8-17-9-7-15/h1-5H,6-9H2. The minimum absolute atomic E-state index is 0.127. The summed E-state index contributed by atoms with van der Waals surface area (Å²) >= 11 is 0. The van der Waals surface area contributed by atoms with Gasteiger partial charge in [-0.05, 0) is 12.1 Å². The molecule has 0 spiro atoms. The molecule has 1 saturated heterocycles. The van der Waals surface area contributed by atoms with Gasteiger partial charge >= 0.3 is 6.30 Å². The smallest absolute Gasteiger partial charge is 0.379 e. The molecule has 6 heteroatoms. The number of anilines is 1. The Balaban J connectivity index is 2.25. The van der Waals surface area contributed by atoms with Crippen LogP contribution in [0.1, 0.15) is 0 Å². The summed E-state index contributed by atoms with van der Waals surface area (Å²) in [5.74, 6) is 0. The summed E-state index contributed by atoms with van der Waals surface area (Å²) in [5.41, 5.74) is 0.127. The molecular weight excluding hydrogens is 233 g/mol. The van der Waals surface area contributed by atoms with E-state index in [-0.39, 0.29) is 18.8 Å². The maximum Gasteiger partial charge on any atom is 0.499 e. The predicted molar refractivity (Wildman–Crippen MR) is 57.4 cm³/mol. The molecule has 1 aliphatic heterocycles. The van der Waals surface area contributed by atoms with E-state index in [2.05, 4.69) is 0 Å². The van der Waals surface area contributed by atoms with Crippen molar-refractivity contribution in [1.82, 2.24) is 5.01 Å². The Morgan fingerprint density at radius 1 is 1.06 bits per heavy atom. The van der Waals surface area contributed by atoms with Gasteiger partial charge < -0.3 is 4.74 Å². The molecule has 0 N–H and O–H groups in total. The molecule has 0 amide bonds. The fraction of sp³-hybridized carbons (Fsp3) is 0.455. The van der Waals surface area contributed by atoms with Crippen molar-refractivity contribution in [3.8, 4) is 0 Å². The number of alkyl halides is 3. The minimum atomic E-state index is -4.42. The Morgan fingerprint density at radius 3 is 2.18 bits per heavy atom. The zero-order chi connectivity index (χ0) is 12.3. The highest BCUT2D eigenvalue weighted by Crippen LogP contribution is 2.30. The molecule has 3 nitrogen and oxygen atoms in total. The molecule has 1 heterocycles. The third kappa shape index (κ3) is 2.89. The van der Waals surface area contributed by atoms with E-state index in [1.165, 1.54) is 17.1 Å². The molecule has 1 aromatic carbocycles. The zero-order valence-electron chi connectivity index (χ0n) is 9.15. The maximum absolute atomic E-state index is 13.0. The highest BCUT2D eigenvalue weighted by atomic mass is 19.4. The average molecular weight is 246 g/mol. The number of hydrazine groups is 1. The van der Waals surface area contributed by atoms with Crippen LogP contribution in [0.2, 0.25) is 0 Å². The summed E-state index contributed by atoms with van der Waals surface area (Å²) in [6.07, 6.45) is -4.42. The quantitative estimate of drug-likeness (QED) is 0.744. The lowest BCUT2D eigenvalue weighted by molar-refractivity contribution is -0.168. The van der Waals surface area contributed by atoms with E-state index in [0.717, 1.165) is 0 Å². The van der Waals surface area contributed by atoms with Crippen molar-refractivity contribution in [1.29, 1.82) is 0 Å². The van der Waals surface area contributed by atoms with Gasteiger partial charge in [-0.1, -0.05) is 18.2 Å². The first-order valence-corrected chi connectivity index (χ1v) is 5.33. The molecular formula is C11H13F3N2O. The number of rotatable bonds is 2. The van der Waals surface area contributed by atoms with Crippen LogP contribution in [0.5, 0.6) is 0 Å². The van der Waals surface area contributed by atoms with Crippen LogP contribution in [0.3, 0.4) is 0 Å². The number of ether oxygens (including phenoxy) is 1. The molecule has 94 valence electrons. The van der Waals surface area contributed by atoms with Gasteiger partial charge in [0.2, 0.25) is 0 Å². The van der Waals surface area contributed by atoms with Gasteiger partial charge in [-0.2, -0.15) is 0 Å². The monoisotopic (exact) mass is 246 g/mol. The van der Waals surface area contributed by atoms with Crippen LogP contribution in [0, 0.1) is 0 Å². The molecule has 0 radical (unpaired) electrons. The normalized spacial score (nSPS) is 18.1. The zero-order valence-corrected chi connectivity index (χ0v) is 9.15. The van der Waals surface area contributed by atoms with Gasteiger partial charge in [0.15, 0.2) is 0 Å². The summed E-state index contributed by atoms with van der Waals surface area (Å²) in [4.78, 5) is 0. The second kappa shape index (κ2) is 4.93. The average Bonchev–Trinajstić information content (AvgIpc) is 2.30. The SMILES string of the molecule is FC(F)(F)N(c1ccccc1)N1CCOCC1. The Bertz CT molecular complexity index is 349. The predicted octanol–water partition coefficient (Wildman–Crippen LogP) is 2.26. The summed E-state index contributed by atoms with van der Waals surface area (Å²) in [6, 6.07) is 7.77. The van der Waals surface area contributed by atoms with Gasteiger partial charge in [-0.15, -0.1) is 13.2 Å². The highest BCUT2D eigenvalue weighted by Gasteiger charge is 2.42. The summed E-state index contributed by atoms with van der Waals surface area (Å²) < 4.78 is 44.2. The van der Waals surface area contributed by atoms with Crippen LogP contribution in [-0.2, 0) is 4.74 Å². The first kappa shape index (κ1) is 12.2. The molecule has 0 aliphatic carbocycles. The van der Waals surface area contributed by atoms with E-state index in [9.17, 15) is 13.2 Å². The third-order valence-corrected chi connectivity index (χ3v) is 2.51. The third-order valence-electron chi connectivity index (χ3n) is 2.51. The van der Waals surface area contributed by atoms with Crippen molar-refractivity contribution >= 4 is 5.69 Å². The van der Waals surface area contributed by atoms with E-state index in [0.29, 0.717) is 18.2 Å². The Labute approximate surface area is 97.4 Å². The lowest BCUT2D eigenvalue weighted by Gasteiger charge is -2.39. The van der Waals surface area contributed by atoms with Crippen LogP contribution in [0.4, 0.5) is 18.9 Å². The number of hydrogen-bond donors (Lipinski definition) is 0. The van der Waals surface area contributed by atoms with Gasteiger partial charge in [0.1, 0.15) is 0 Å². The number of hydrogen-bond acceptors (Lipinski definition) is 3. The van der Waals surface area contributed by atoms with E-state index >= 15 is 0 Å². The first-order valence-electron chi connectivity index (χ1n) is 5.33. The largest absolute Gasteiger partial charge is 0.499 e. The van der Waals surface area contributed by atoms with Gasteiger partial charge in [0.05, 0.1) is 18.9 Å². The van der Waals surface area contributed by atoms with E-state index in [4.69, 9.17) is 4.74 Å². The van der Waals surface area contributed by atoms with Gasteiger partial charge in [0, 0.05) is 13.1 Å². The molecule has 1 fully saturated rings. The molecule has 2 rings (SSSR count). The summed E-state index contributed by atoms with van der Waals surface area (Å²) in [7, 11) is 0. The van der Waals surface area contributed by atoms with E-state index in [1.807, 2.05) is 0 Å². The topological polar surface area (TPSA) is 15.7 Å². The van der Waals surface area contributed by atoms with Crippen LogP contribution < -0.4 is 5.01 Å². The molecule has 0 atom stereocenters. The summed E-state index contributed by atoms with van der Waals surface area (Å²) in [5, 5.41) is 1.65. The maximum atomic E-state index is 13.0. The van der Waals surface area contributed by atoms with Crippen molar-refractivity contribution in [3.05, 3.63) is 30.3 Å². The highest BCUT2D eigenvalue weighted by molar-refractivity contribution is 5.45. The van der Waals surface area contributed by atoms with E-state index < -0.39 is 6.30 Å². The number of morpholine rings is 1. The fourth-order valence-corrected chi connectivity index (χ4v) is 1.79. The van der Waals surface area contributed by atoms with Crippen LogP contribution in [0.15, 0.2) is 30.3 Å². The Morgan fingerprint density at radius 2 is 1.65 bits per heavy atom. The molecule has 0 unspecified atom stereocenters. The lowest BCUT2D eigenvalue weighted by Crippen LogP contribution is -2.55. The van der Waals surface area contributed by atoms with Crippen LogP contribution in [0.25, 0.3) is 0 Å². The van der Waals surface area contributed by atoms with Gasteiger partial charge in [-0.25, -0.2) is 10.0 Å². The molecule has 1 aromatic rings. The number of benzene rings is 1. The van der Waals surface area contributed by atoms with Crippen molar-refractivity contribution in [2.24, 2.45) is 0 Å². The van der Waals surface area contributed by atoms with Crippen molar-refractivity contribution in [3.63, 3.8) is 0 Å². The van der Waals surface area contributed by atoms with Crippen LogP contribution in [-0.4, -0.2) is 37.6 Å². The second-order valence-electron chi connectivity index (χ2n) is 3.68. The van der Waals surface area contributed by atoms with Crippen LogP contribution >= 0.6 is 0 Å². The number of halogens is 3. The Hall–Kier alpha value is -1.27. The lowest BCUT2D eigenvalue weighted by atomic mass is 10.3. The van der Waals surface area contributed by atoms with Crippen molar-refractivity contribution < 1.29 is 17.9 Å². The van der Waals surface area contributed by atoms with Crippen molar-refractivity contribution in [2.75, 3.05) is 31.3 Å². The summed E-state index contributed by atoms with van der Waals surface area (Å²) in [6.45, 7) is 1.13. The Kier molecular flexibility index (Phi) is 3.54. The first-order chi connectivity index (χ1) is 8.09. The minimum Gasteiger partial charge on any atom is -0.379 e. The molecule has 0 bridgehead atoms. The molecule has 0 aromatic heterocycles. The number of para-hydroxylation sites is 1. The molecule has 0 saturated carbocycles. The fourth-order valence-electron chi connectivity index (χ4n) is 1.79. The van der Waals surface area contributed by atoms with Gasteiger partial charge in [0.25, 0.3) is 0 Å².